The van der Waals surface area contributed by atoms with E-state index >= 15 is 0 Å². The van der Waals surface area contributed by atoms with Gasteiger partial charge >= 0.3 is 0 Å². The maximum absolute atomic E-state index is 13.0. The van der Waals surface area contributed by atoms with Crippen LogP contribution in [0, 0.1) is 13.8 Å². The molecule has 0 aliphatic carbocycles. The molecule has 0 bridgehead atoms. The van der Waals surface area contributed by atoms with Crippen molar-refractivity contribution in [3.8, 4) is 28.6 Å². The number of carbonyl (C=O) groups is 1. The van der Waals surface area contributed by atoms with E-state index in [4.69, 9.17) is 18.7 Å². The Morgan fingerprint density at radius 3 is 2.53 bits per heavy atom. The number of aryl methyl sites for hydroxylation is 2. The van der Waals surface area contributed by atoms with E-state index in [-0.39, 0.29) is 12.5 Å². The summed E-state index contributed by atoms with van der Waals surface area (Å²) in [4.78, 5) is 18.9. The third-order valence-corrected chi connectivity index (χ3v) is 5.11. The molecule has 1 heterocycles. The fraction of sp³-hybridized carbons (Fsp3) is 0.375. The summed E-state index contributed by atoms with van der Waals surface area (Å²) in [6.07, 6.45) is -0.0697. The van der Waals surface area contributed by atoms with Crippen LogP contribution >= 0.6 is 0 Å². The molecule has 1 amide bonds. The van der Waals surface area contributed by atoms with E-state index in [1.54, 1.807) is 39.5 Å². The molecule has 0 aliphatic rings. The van der Waals surface area contributed by atoms with Gasteiger partial charge in [-0.25, -0.2) is 0 Å². The number of hydrogen-bond donors (Lipinski definition) is 0. The van der Waals surface area contributed by atoms with Gasteiger partial charge in [-0.15, -0.1) is 0 Å². The lowest BCUT2D eigenvalue weighted by atomic mass is 10.1. The molecular weight excluding hydrogens is 410 g/mol. The predicted molar refractivity (Wildman–Crippen MR) is 120 cm³/mol. The predicted octanol–water partition coefficient (Wildman–Crippen LogP) is 4.19. The third kappa shape index (κ3) is 5.19. The lowest BCUT2D eigenvalue weighted by Crippen LogP contribution is -2.39. The molecule has 170 valence electrons. The Kier molecular flexibility index (Phi) is 7.35. The van der Waals surface area contributed by atoms with E-state index in [2.05, 4.69) is 10.1 Å². The van der Waals surface area contributed by atoms with Crippen molar-refractivity contribution >= 4 is 5.91 Å². The van der Waals surface area contributed by atoms with Crippen molar-refractivity contribution in [2.45, 2.75) is 39.8 Å². The van der Waals surface area contributed by atoms with Crippen LogP contribution in [0.2, 0.25) is 0 Å². The quantitative estimate of drug-likeness (QED) is 0.494. The average molecular weight is 440 g/mol. The molecule has 1 atom stereocenters. The fourth-order valence-corrected chi connectivity index (χ4v) is 3.33. The first-order chi connectivity index (χ1) is 15.4. The van der Waals surface area contributed by atoms with Gasteiger partial charge in [0, 0.05) is 13.1 Å². The summed E-state index contributed by atoms with van der Waals surface area (Å²) in [5.41, 5.74) is 2.81. The van der Waals surface area contributed by atoms with Crippen molar-refractivity contribution in [3.63, 3.8) is 0 Å². The van der Waals surface area contributed by atoms with Crippen LogP contribution in [0.4, 0.5) is 0 Å². The molecule has 0 saturated carbocycles. The zero-order valence-corrected chi connectivity index (χ0v) is 19.3. The van der Waals surface area contributed by atoms with Gasteiger partial charge in [-0.2, -0.15) is 4.98 Å². The van der Waals surface area contributed by atoms with E-state index < -0.39 is 6.10 Å². The smallest absolute Gasteiger partial charge is 0.263 e. The molecule has 3 rings (SSSR count). The van der Waals surface area contributed by atoms with Gasteiger partial charge in [-0.1, -0.05) is 29.8 Å². The van der Waals surface area contributed by atoms with E-state index in [0.29, 0.717) is 40.9 Å². The first kappa shape index (κ1) is 23.1. The van der Waals surface area contributed by atoms with Crippen LogP contribution in [0.1, 0.15) is 30.4 Å². The summed E-state index contributed by atoms with van der Waals surface area (Å²) < 4.78 is 22.0. The zero-order chi connectivity index (χ0) is 23.3. The minimum atomic E-state index is -0.606. The highest BCUT2D eigenvalue weighted by Gasteiger charge is 2.25. The van der Waals surface area contributed by atoms with Gasteiger partial charge in [0.15, 0.2) is 6.10 Å². The molecule has 32 heavy (non-hydrogen) atoms. The Labute approximate surface area is 188 Å². The minimum absolute atomic E-state index is 0.158. The first-order valence-corrected chi connectivity index (χ1v) is 10.4. The van der Waals surface area contributed by atoms with Gasteiger partial charge in [-0.05, 0) is 44.0 Å². The molecule has 0 saturated heterocycles. The molecule has 8 nitrogen and oxygen atoms in total. The Balaban J connectivity index is 1.71. The number of nitrogens with zero attached hydrogens (tertiary/aromatic N) is 3. The second-order valence-corrected chi connectivity index (χ2v) is 7.56. The maximum Gasteiger partial charge on any atom is 0.263 e. The molecule has 0 fully saturated rings. The molecule has 0 N–H and O–H groups in total. The van der Waals surface area contributed by atoms with Crippen molar-refractivity contribution in [3.05, 3.63) is 53.4 Å². The van der Waals surface area contributed by atoms with E-state index in [0.717, 1.165) is 11.1 Å². The Morgan fingerprint density at radius 1 is 1.09 bits per heavy atom. The Hall–Kier alpha value is -3.55. The number of aromatic nitrogens is 2. The number of hydrogen-bond acceptors (Lipinski definition) is 7. The van der Waals surface area contributed by atoms with Gasteiger partial charge in [0.2, 0.25) is 11.7 Å². The van der Waals surface area contributed by atoms with E-state index in [9.17, 15) is 4.79 Å². The highest BCUT2D eigenvalue weighted by Crippen LogP contribution is 2.31. The SMILES string of the molecule is CC[C@@H](Oc1ccc(C)cc1C)C(=O)N(C)Cc1nc(-c2ccc(OC)cc2OC)no1. The summed E-state index contributed by atoms with van der Waals surface area (Å²) >= 11 is 0. The molecule has 0 aliphatic heterocycles. The first-order valence-electron chi connectivity index (χ1n) is 10.4. The van der Waals surface area contributed by atoms with Crippen LogP contribution < -0.4 is 14.2 Å². The van der Waals surface area contributed by atoms with Gasteiger partial charge in [0.25, 0.3) is 5.91 Å². The number of rotatable bonds is 9. The van der Waals surface area contributed by atoms with Crippen LogP contribution in [-0.4, -0.2) is 48.3 Å². The molecular formula is C24H29N3O5. The molecule has 3 aromatic rings. The minimum Gasteiger partial charge on any atom is -0.497 e. The largest absolute Gasteiger partial charge is 0.497 e. The molecule has 0 radical (unpaired) electrons. The van der Waals surface area contributed by atoms with Crippen LogP contribution in [0.15, 0.2) is 40.9 Å². The topological polar surface area (TPSA) is 86.9 Å². The summed E-state index contributed by atoms with van der Waals surface area (Å²) in [7, 11) is 4.84. The van der Waals surface area contributed by atoms with Crippen molar-refractivity contribution in [1.29, 1.82) is 0 Å². The summed E-state index contributed by atoms with van der Waals surface area (Å²) in [6.45, 7) is 6.07. The molecule has 2 aromatic carbocycles. The van der Waals surface area contributed by atoms with Crippen molar-refractivity contribution in [2.75, 3.05) is 21.3 Å². The highest BCUT2D eigenvalue weighted by atomic mass is 16.5. The second-order valence-electron chi connectivity index (χ2n) is 7.56. The van der Waals surface area contributed by atoms with Crippen LogP contribution in [-0.2, 0) is 11.3 Å². The fourth-order valence-electron chi connectivity index (χ4n) is 3.33. The Bertz CT molecular complexity index is 1080. The number of likely N-dealkylation sites (N-methyl/N-ethyl adjacent to an activating group) is 1. The lowest BCUT2D eigenvalue weighted by molar-refractivity contribution is -0.138. The number of methoxy groups -OCH3 is 2. The molecule has 8 heteroatoms. The van der Waals surface area contributed by atoms with Gasteiger partial charge in [0.05, 0.1) is 26.3 Å². The summed E-state index contributed by atoms with van der Waals surface area (Å²) in [5, 5.41) is 4.04. The second kappa shape index (κ2) is 10.2. The summed E-state index contributed by atoms with van der Waals surface area (Å²) in [6, 6.07) is 11.2. The monoisotopic (exact) mass is 439 g/mol. The Morgan fingerprint density at radius 2 is 1.88 bits per heavy atom. The van der Waals surface area contributed by atoms with E-state index in [1.165, 1.54) is 4.90 Å². The van der Waals surface area contributed by atoms with Crippen LogP contribution in [0.3, 0.4) is 0 Å². The number of benzene rings is 2. The standard InChI is InChI=1S/C24H29N3O5/c1-7-19(31-20-11-8-15(2)12-16(20)3)24(28)27(4)14-22-25-23(26-32-22)18-10-9-17(29-5)13-21(18)30-6/h8-13,19H,7,14H2,1-6H3/t19-/m1/s1. The number of amides is 1. The highest BCUT2D eigenvalue weighted by molar-refractivity contribution is 5.81. The third-order valence-electron chi connectivity index (χ3n) is 5.11. The van der Waals surface area contributed by atoms with Crippen molar-refractivity contribution < 1.29 is 23.5 Å². The van der Waals surface area contributed by atoms with Gasteiger partial charge < -0.3 is 23.6 Å². The zero-order valence-electron chi connectivity index (χ0n) is 19.3. The average Bonchev–Trinajstić information content (AvgIpc) is 3.25. The van der Waals surface area contributed by atoms with Crippen LogP contribution in [0.25, 0.3) is 11.4 Å². The molecule has 0 spiro atoms. The summed E-state index contributed by atoms with van der Waals surface area (Å²) in [5.74, 6) is 2.46. The maximum atomic E-state index is 13.0. The van der Waals surface area contributed by atoms with Gasteiger partial charge in [-0.3, -0.25) is 4.79 Å². The van der Waals surface area contributed by atoms with E-state index in [1.807, 2.05) is 39.0 Å². The molecule has 0 unspecified atom stereocenters. The van der Waals surface area contributed by atoms with Crippen molar-refractivity contribution in [1.82, 2.24) is 15.0 Å². The molecule has 1 aromatic heterocycles. The van der Waals surface area contributed by atoms with Gasteiger partial charge in [0.1, 0.15) is 17.2 Å². The lowest BCUT2D eigenvalue weighted by Gasteiger charge is -2.23. The number of carbonyl (C=O) groups excluding carboxylic acids is 1. The number of ether oxygens (including phenoxy) is 3. The normalized spacial score (nSPS) is 11.7. The van der Waals surface area contributed by atoms with Crippen LogP contribution in [0.5, 0.6) is 17.2 Å². The van der Waals surface area contributed by atoms with Crippen molar-refractivity contribution in [2.24, 2.45) is 0 Å².